The quantitative estimate of drug-likeness (QED) is 0.359. The number of carbonyl (C=O) groups excluding carboxylic acids is 1. The summed E-state index contributed by atoms with van der Waals surface area (Å²) >= 11 is 1.28. The van der Waals surface area contributed by atoms with Crippen LogP contribution in [-0.2, 0) is 11.8 Å². The van der Waals surface area contributed by atoms with Gasteiger partial charge < -0.3 is 14.0 Å². The highest BCUT2D eigenvalue weighted by Crippen LogP contribution is 2.23. The van der Waals surface area contributed by atoms with E-state index in [0.29, 0.717) is 17.5 Å². The first-order chi connectivity index (χ1) is 12.7. The molecule has 2 aromatic heterocycles. The zero-order valence-corrected chi connectivity index (χ0v) is 15.3. The van der Waals surface area contributed by atoms with E-state index in [1.165, 1.54) is 11.8 Å². The van der Waals surface area contributed by atoms with Crippen LogP contribution in [0.2, 0.25) is 0 Å². The first-order valence-corrected chi connectivity index (χ1v) is 9.02. The minimum Gasteiger partial charge on any atom is -0.494 e. The number of pyridine rings is 1. The molecule has 26 heavy (non-hydrogen) atoms. The Bertz CT molecular complexity index is 866. The second kappa shape index (κ2) is 8.48. The molecule has 0 aliphatic carbocycles. The van der Waals surface area contributed by atoms with E-state index in [0.717, 1.165) is 17.1 Å². The van der Waals surface area contributed by atoms with Crippen LogP contribution >= 0.6 is 11.8 Å². The number of carbonyl (C=O) groups is 1. The molecule has 0 unspecified atom stereocenters. The summed E-state index contributed by atoms with van der Waals surface area (Å²) in [6.45, 7) is 2.51. The van der Waals surface area contributed by atoms with Crippen LogP contribution in [0.3, 0.4) is 0 Å². The first-order valence-electron chi connectivity index (χ1n) is 8.03. The van der Waals surface area contributed by atoms with E-state index in [9.17, 15) is 4.79 Å². The highest BCUT2D eigenvalue weighted by atomic mass is 32.2. The van der Waals surface area contributed by atoms with Crippen molar-refractivity contribution in [2.45, 2.75) is 12.1 Å². The Kier molecular flexibility index (Phi) is 5.85. The van der Waals surface area contributed by atoms with Crippen molar-refractivity contribution in [2.75, 3.05) is 12.4 Å². The molecule has 0 aliphatic rings. The minimum atomic E-state index is -0.354. The third-order valence-corrected chi connectivity index (χ3v) is 4.45. The molecule has 2 heterocycles. The number of aromatic nitrogens is 4. The predicted octanol–water partition coefficient (Wildman–Crippen LogP) is 2.97. The van der Waals surface area contributed by atoms with Crippen molar-refractivity contribution in [3.05, 3.63) is 48.8 Å². The maximum Gasteiger partial charge on any atom is 0.321 e. The topological polar surface area (TPSA) is 79.1 Å². The lowest BCUT2D eigenvalue weighted by Crippen LogP contribution is -2.11. The zero-order valence-electron chi connectivity index (χ0n) is 14.5. The van der Waals surface area contributed by atoms with Crippen molar-refractivity contribution in [3.63, 3.8) is 0 Å². The summed E-state index contributed by atoms with van der Waals surface area (Å²) in [4.78, 5) is 16.0. The van der Waals surface area contributed by atoms with Crippen LogP contribution in [0, 0.1) is 0 Å². The number of thioether (sulfide) groups is 1. The van der Waals surface area contributed by atoms with Crippen LogP contribution in [-0.4, -0.2) is 38.1 Å². The van der Waals surface area contributed by atoms with E-state index < -0.39 is 0 Å². The van der Waals surface area contributed by atoms with Crippen molar-refractivity contribution >= 4 is 17.7 Å². The summed E-state index contributed by atoms with van der Waals surface area (Å²) < 4.78 is 12.5. The summed E-state index contributed by atoms with van der Waals surface area (Å²) in [6, 6.07) is 10.7. The smallest absolute Gasteiger partial charge is 0.321 e. The number of hydrogen-bond acceptors (Lipinski definition) is 7. The molecular formula is C18H18N4O3S. The molecule has 0 N–H and O–H groups in total. The van der Waals surface area contributed by atoms with Crippen LogP contribution < -0.4 is 9.47 Å². The average Bonchev–Trinajstić information content (AvgIpc) is 3.03. The molecule has 0 spiro atoms. The standard InChI is InChI=1S/C18H18N4O3S/c1-3-24-14-4-6-15(7-5-14)25-16(23)12-26-18-21-20-17(22(18)2)13-8-10-19-11-9-13/h4-11H,3,12H2,1-2H3. The Morgan fingerprint density at radius 2 is 1.77 bits per heavy atom. The Balaban J connectivity index is 1.57. The van der Waals surface area contributed by atoms with Gasteiger partial charge >= 0.3 is 5.97 Å². The number of benzene rings is 1. The molecule has 8 heteroatoms. The number of ether oxygens (including phenoxy) is 2. The van der Waals surface area contributed by atoms with E-state index in [4.69, 9.17) is 9.47 Å². The highest BCUT2D eigenvalue weighted by molar-refractivity contribution is 7.99. The third-order valence-electron chi connectivity index (χ3n) is 3.46. The third kappa shape index (κ3) is 4.40. The van der Waals surface area contributed by atoms with Crippen molar-refractivity contribution < 1.29 is 14.3 Å². The first kappa shape index (κ1) is 17.9. The summed E-state index contributed by atoms with van der Waals surface area (Å²) in [6.07, 6.45) is 3.40. The predicted molar refractivity (Wildman–Crippen MR) is 98.2 cm³/mol. The monoisotopic (exact) mass is 370 g/mol. The van der Waals surface area contributed by atoms with Gasteiger partial charge in [-0.1, -0.05) is 11.8 Å². The maximum absolute atomic E-state index is 12.0. The van der Waals surface area contributed by atoms with Crippen molar-refractivity contribution in [1.29, 1.82) is 0 Å². The van der Waals surface area contributed by atoms with Crippen LogP contribution in [0.25, 0.3) is 11.4 Å². The second-order valence-electron chi connectivity index (χ2n) is 5.27. The molecule has 0 saturated heterocycles. The van der Waals surface area contributed by atoms with E-state index in [2.05, 4.69) is 15.2 Å². The zero-order chi connectivity index (χ0) is 18.4. The van der Waals surface area contributed by atoms with Gasteiger partial charge in [-0.3, -0.25) is 9.78 Å². The molecule has 0 atom stereocenters. The van der Waals surface area contributed by atoms with Gasteiger partial charge in [-0.2, -0.15) is 0 Å². The molecule has 0 radical (unpaired) electrons. The molecule has 134 valence electrons. The molecule has 0 amide bonds. The van der Waals surface area contributed by atoms with E-state index in [1.54, 1.807) is 36.7 Å². The lowest BCUT2D eigenvalue weighted by molar-refractivity contribution is -0.131. The maximum atomic E-state index is 12.0. The van der Waals surface area contributed by atoms with E-state index in [1.807, 2.05) is 30.7 Å². The van der Waals surface area contributed by atoms with Gasteiger partial charge in [-0.05, 0) is 43.3 Å². The second-order valence-corrected chi connectivity index (χ2v) is 6.21. The van der Waals surface area contributed by atoms with Crippen molar-refractivity contribution in [3.8, 4) is 22.9 Å². The molecule has 3 aromatic rings. The normalized spacial score (nSPS) is 10.5. The molecule has 0 fully saturated rings. The fourth-order valence-electron chi connectivity index (χ4n) is 2.25. The molecule has 1 aromatic carbocycles. The van der Waals surface area contributed by atoms with Crippen molar-refractivity contribution in [2.24, 2.45) is 7.05 Å². The number of hydrogen-bond donors (Lipinski definition) is 0. The summed E-state index contributed by atoms with van der Waals surface area (Å²) in [7, 11) is 1.86. The molecule has 7 nitrogen and oxygen atoms in total. The van der Waals surface area contributed by atoms with Gasteiger partial charge in [0.2, 0.25) is 0 Å². The lowest BCUT2D eigenvalue weighted by Gasteiger charge is -2.06. The van der Waals surface area contributed by atoms with Gasteiger partial charge in [-0.25, -0.2) is 0 Å². The van der Waals surface area contributed by atoms with Gasteiger partial charge in [-0.15, -0.1) is 10.2 Å². The summed E-state index contributed by atoms with van der Waals surface area (Å²) in [5, 5.41) is 8.95. The summed E-state index contributed by atoms with van der Waals surface area (Å²) in [5.74, 6) is 1.72. The Morgan fingerprint density at radius 3 is 2.46 bits per heavy atom. The van der Waals surface area contributed by atoms with Gasteiger partial charge in [0, 0.05) is 25.0 Å². The van der Waals surface area contributed by atoms with Crippen molar-refractivity contribution in [1.82, 2.24) is 19.7 Å². The Morgan fingerprint density at radius 1 is 1.08 bits per heavy atom. The molecule has 0 saturated carbocycles. The fraction of sp³-hybridized carbons (Fsp3) is 0.222. The molecule has 0 aliphatic heterocycles. The number of nitrogens with zero attached hydrogens (tertiary/aromatic N) is 4. The Hall–Kier alpha value is -2.87. The van der Waals surface area contributed by atoms with Gasteiger partial charge in [0.15, 0.2) is 11.0 Å². The van der Waals surface area contributed by atoms with E-state index >= 15 is 0 Å². The molecule has 0 bridgehead atoms. The number of esters is 1. The van der Waals surface area contributed by atoms with Crippen LogP contribution in [0.1, 0.15) is 6.92 Å². The molecule has 3 rings (SSSR count). The fourth-order valence-corrected chi connectivity index (χ4v) is 2.93. The molecular weight excluding hydrogens is 352 g/mol. The van der Waals surface area contributed by atoms with E-state index in [-0.39, 0.29) is 11.7 Å². The minimum absolute atomic E-state index is 0.134. The van der Waals surface area contributed by atoms with Crippen LogP contribution in [0.5, 0.6) is 11.5 Å². The average molecular weight is 370 g/mol. The highest BCUT2D eigenvalue weighted by Gasteiger charge is 2.13. The van der Waals surface area contributed by atoms with Crippen LogP contribution in [0.4, 0.5) is 0 Å². The lowest BCUT2D eigenvalue weighted by atomic mass is 10.2. The van der Waals surface area contributed by atoms with Gasteiger partial charge in [0.05, 0.1) is 12.4 Å². The van der Waals surface area contributed by atoms with Gasteiger partial charge in [0.25, 0.3) is 0 Å². The summed E-state index contributed by atoms with van der Waals surface area (Å²) in [5.41, 5.74) is 0.916. The number of rotatable bonds is 7. The van der Waals surface area contributed by atoms with Crippen LogP contribution in [0.15, 0.2) is 53.9 Å². The van der Waals surface area contributed by atoms with Gasteiger partial charge in [0.1, 0.15) is 11.5 Å². The SMILES string of the molecule is CCOc1ccc(OC(=O)CSc2nnc(-c3ccncc3)n2C)cc1. The largest absolute Gasteiger partial charge is 0.494 e. The Labute approximate surface area is 155 Å².